The zero-order chi connectivity index (χ0) is 14.7. The smallest absolute Gasteiger partial charge is 0.000442 e. The van der Waals surface area contributed by atoms with Crippen molar-refractivity contribution >= 4 is 21.5 Å². The summed E-state index contributed by atoms with van der Waals surface area (Å²) in [7, 11) is 0. The molecule has 0 bridgehead atoms. The molecule has 1 aliphatic carbocycles. The Bertz CT molecular complexity index is 1050. The van der Waals surface area contributed by atoms with E-state index < -0.39 is 0 Å². The lowest BCUT2D eigenvalue weighted by Crippen LogP contribution is -1.87. The second-order valence-corrected chi connectivity index (χ2v) is 6.22. The van der Waals surface area contributed by atoms with E-state index in [1.54, 1.807) is 0 Å². The van der Waals surface area contributed by atoms with Gasteiger partial charge in [0.05, 0.1) is 0 Å². The Kier molecular flexibility index (Phi) is 2.29. The third-order valence-corrected chi connectivity index (χ3v) is 5.07. The summed E-state index contributed by atoms with van der Waals surface area (Å²) in [6.45, 7) is 2.23. The number of rotatable bonds is 0. The standard InChI is InChI=1S/C22H16/c1-14-7-6-12-19-20(14)13-21-17-10-3-2-8-15(17)16-9-4-5-11-18(16)22(19)21/h2-12H,13H2,1H3. The summed E-state index contributed by atoms with van der Waals surface area (Å²) in [6.07, 6.45) is 1.06. The Hall–Kier alpha value is -2.60. The highest BCUT2D eigenvalue weighted by atomic mass is 14.3. The number of fused-ring (bicyclic) bond motifs is 8. The Labute approximate surface area is 130 Å². The van der Waals surface area contributed by atoms with Crippen molar-refractivity contribution in [3.8, 4) is 11.1 Å². The van der Waals surface area contributed by atoms with E-state index in [0.29, 0.717) is 0 Å². The molecule has 4 aromatic rings. The fourth-order valence-electron chi connectivity index (χ4n) is 4.05. The molecule has 0 amide bonds. The average Bonchev–Trinajstić information content (AvgIpc) is 2.97. The Balaban J connectivity index is 2.06. The van der Waals surface area contributed by atoms with Gasteiger partial charge in [0, 0.05) is 0 Å². The zero-order valence-electron chi connectivity index (χ0n) is 12.6. The second kappa shape index (κ2) is 4.20. The molecular formula is C22H16. The molecule has 22 heavy (non-hydrogen) atoms. The van der Waals surface area contributed by atoms with Crippen LogP contribution in [0.1, 0.15) is 16.7 Å². The fraction of sp³-hybridized carbons (Fsp3) is 0.0909. The highest BCUT2D eigenvalue weighted by Crippen LogP contribution is 2.46. The highest BCUT2D eigenvalue weighted by molar-refractivity contribution is 6.17. The summed E-state index contributed by atoms with van der Waals surface area (Å²) in [5, 5.41) is 5.54. The minimum Gasteiger partial charge on any atom is -0.0616 e. The molecule has 0 heteroatoms. The van der Waals surface area contributed by atoms with Gasteiger partial charge in [-0.25, -0.2) is 0 Å². The van der Waals surface area contributed by atoms with E-state index in [9.17, 15) is 0 Å². The molecular weight excluding hydrogens is 264 g/mol. The van der Waals surface area contributed by atoms with Gasteiger partial charge in [-0.3, -0.25) is 0 Å². The largest absolute Gasteiger partial charge is 0.0616 e. The lowest BCUT2D eigenvalue weighted by molar-refractivity contribution is 1.23. The quantitative estimate of drug-likeness (QED) is 0.311. The second-order valence-electron chi connectivity index (χ2n) is 6.22. The molecule has 0 nitrogen and oxygen atoms in total. The van der Waals surface area contributed by atoms with Gasteiger partial charge in [-0.2, -0.15) is 0 Å². The molecule has 1 aliphatic rings. The van der Waals surface area contributed by atoms with Gasteiger partial charge >= 0.3 is 0 Å². The molecule has 0 fully saturated rings. The summed E-state index contributed by atoms with van der Waals surface area (Å²) in [4.78, 5) is 0. The monoisotopic (exact) mass is 280 g/mol. The molecule has 0 heterocycles. The van der Waals surface area contributed by atoms with Crippen LogP contribution in [0, 0.1) is 6.92 Å². The maximum Gasteiger partial charge on any atom is -0.000442 e. The molecule has 0 N–H and O–H groups in total. The van der Waals surface area contributed by atoms with E-state index in [0.717, 1.165) is 6.42 Å². The third-order valence-electron chi connectivity index (χ3n) is 5.07. The maximum atomic E-state index is 2.29. The van der Waals surface area contributed by atoms with E-state index >= 15 is 0 Å². The van der Waals surface area contributed by atoms with Crippen LogP contribution in [0.3, 0.4) is 0 Å². The Morgan fingerprint density at radius 3 is 2.00 bits per heavy atom. The fourth-order valence-corrected chi connectivity index (χ4v) is 4.05. The summed E-state index contributed by atoms with van der Waals surface area (Å²) < 4.78 is 0. The van der Waals surface area contributed by atoms with Crippen molar-refractivity contribution in [3.05, 3.63) is 83.4 Å². The van der Waals surface area contributed by atoms with Gasteiger partial charge in [0.15, 0.2) is 0 Å². The SMILES string of the molecule is Cc1cccc2c1Cc1c-2c2ccccc2c2ccccc12. The maximum absolute atomic E-state index is 2.29. The lowest BCUT2D eigenvalue weighted by Gasteiger charge is -2.12. The molecule has 0 atom stereocenters. The number of hydrogen-bond acceptors (Lipinski definition) is 0. The molecule has 4 aromatic carbocycles. The molecule has 0 radical (unpaired) electrons. The van der Waals surface area contributed by atoms with Crippen LogP contribution in [-0.4, -0.2) is 0 Å². The Morgan fingerprint density at radius 2 is 1.23 bits per heavy atom. The van der Waals surface area contributed by atoms with Gasteiger partial charge in [0.1, 0.15) is 0 Å². The molecule has 5 rings (SSSR count). The van der Waals surface area contributed by atoms with Crippen LogP contribution in [0.5, 0.6) is 0 Å². The first kappa shape index (κ1) is 12.0. The summed E-state index contributed by atoms with van der Waals surface area (Å²) in [5.41, 5.74) is 7.28. The van der Waals surface area contributed by atoms with Gasteiger partial charge in [0.25, 0.3) is 0 Å². The van der Waals surface area contributed by atoms with Crippen LogP contribution < -0.4 is 0 Å². The van der Waals surface area contributed by atoms with Crippen LogP contribution in [0.2, 0.25) is 0 Å². The van der Waals surface area contributed by atoms with Crippen molar-refractivity contribution in [3.63, 3.8) is 0 Å². The van der Waals surface area contributed by atoms with Crippen molar-refractivity contribution in [1.29, 1.82) is 0 Å². The zero-order valence-corrected chi connectivity index (χ0v) is 12.6. The van der Waals surface area contributed by atoms with Gasteiger partial charge in [-0.15, -0.1) is 0 Å². The highest BCUT2D eigenvalue weighted by Gasteiger charge is 2.24. The van der Waals surface area contributed by atoms with Gasteiger partial charge in [-0.05, 0) is 62.7 Å². The number of hydrogen-bond donors (Lipinski definition) is 0. The van der Waals surface area contributed by atoms with Crippen LogP contribution >= 0.6 is 0 Å². The van der Waals surface area contributed by atoms with Gasteiger partial charge < -0.3 is 0 Å². The van der Waals surface area contributed by atoms with Crippen LogP contribution in [0.4, 0.5) is 0 Å². The van der Waals surface area contributed by atoms with Crippen LogP contribution in [-0.2, 0) is 6.42 Å². The topological polar surface area (TPSA) is 0 Å². The van der Waals surface area contributed by atoms with E-state index in [2.05, 4.69) is 73.7 Å². The van der Waals surface area contributed by atoms with E-state index in [4.69, 9.17) is 0 Å². The predicted octanol–water partition coefficient (Wildman–Crippen LogP) is 5.87. The van der Waals surface area contributed by atoms with Crippen molar-refractivity contribution < 1.29 is 0 Å². The number of benzene rings is 4. The predicted molar refractivity (Wildman–Crippen MR) is 94.4 cm³/mol. The number of aryl methyl sites for hydroxylation is 1. The lowest BCUT2D eigenvalue weighted by atomic mass is 9.92. The Morgan fingerprint density at radius 1 is 0.591 bits per heavy atom. The first-order valence-electron chi connectivity index (χ1n) is 7.86. The van der Waals surface area contributed by atoms with E-state index in [-0.39, 0.29) is 0 Å². The first-order chi connectivity index (χ1) is 10.8. The minimum atomic E-state index is 1.06. The van der Waals surface area contributed by atoms with Gasteiger partial charge in [0.2, 0.25) is 0 Å². The molecule has 0 saturated heterocycles. The first-order valence-corrected chi connectivity index (χ1v) is 7.86. The van der Waals surface area contributed by atoms with E-state index in [1.165, 1.54) is 49.4 Å². The summed E-state index contributed by atoms with van der Waals surface area (Å²) >= 11 is 0. The van der Waals surface area contributed by atoms with E-state index in [1.807, 2.05) is 0 Å². The molecule has 0 aromatic heterocycles. The molecule has 0 saturated carbocycles. The molecule has 0 spiro atoms. The molecule has 0 unspecified atom stereocenters. The van der Waals surface area contributed by atoms with Crippen molar-refractivity contribution in [2.45, 2.75) is 13.3 Å². The van der Waals surface area contributed by atoms with Crippen molar-refractivity contribution in [1.82, 2.24) is 0 Å². The van der Waals surface area contributed by atoms with Crippen molar-refractivity contribution in [2.24, 2.45) is 0 Å². The third kappa shape index (κ3) is 1.42. The summed E-state index contributed by atoms with van der Waals surface area (Å²) in [6, 6.07) is 24.4. The van der Waals surface area contributed by atoms with Crippen LogP contribution in [0.15, 0.2) is 66.7 Å². The minimum absolute atomic E-state index is 1.06. The molecule has 104 valence electrons. The van der Waals surface area contributed by atoms with Crippen molar-refractivity contribution in [2.75, 3.05) is 0 Å². The normalized spacial score (nSPS) is 12.6. The average molecular weight is 280 g/mol. The van der Waals surface area contributed by atoms with Crippen LogP contribution in [0.25, 0.3) is 32.7 Å². The summed E-state index contributed by atoms with van der Waals surface area (Å²) in [5.74, 6) is 0. The molecule has 0 aliphatic heterocycles. The van der Waals surface area contributed by atoms with Gasteiger partial charge in [-0.1, -0.05) is 66.7 Å².